The fraction of sp³-hybridized carbons (Fsp3) is 0.167. The molecule has 0 aliphatic rings. The maximum Gasteiger partial charge on any atom is 0.244 e. The van der Waals surface area contributed by atoms with Crippen LogP contribution in [0.3, 0.4) is 0 Å². The van der Waals surface area contributed by atoms with Crippen LogP contribution in [-0.4, -0.2) is 17.0 Å². The van der Waals surface area contributed by atoms with Crippen LogP contribution in [0.15, 0.2) is 73.1 Å². The first-order chi connectivity index (χ1) is 14.5. The van der Waals surface area contributed by atoms with E-state index in [0.29, 0.717) is 17.9 Å². The molecule has 1 aromatic heterocycles. The van der Waals surface area contributed by atoms with Crippen molar-refractivity contribution in [2.45, 2.75) is 26.5 Å². The van der Waals surface area contributed by atoms with Crippen molar-refractivity contribution < 1.29 is 18.7 Å². The van der Waals surface area contributed by atoms with Crippen molar-refractivity contribution >= 4 is 12.0 Å². The van der Waals surface area contributed by atoms with E-state index in [9.17, 15) is 9.18 Å². The van der Waals surface area contributed by atoms with Crippen LogP contribution >= 0.6 is 0 Å². The molecular weight excluding hydrogens is 383 g/mol. The van der Waals surface area contributed by atoms with Gasteiger partial charge in [0, 0.05) is 24.4 Å². The molecule has 5 nitrogen and oxygen atoms in total. The van der Waals surface area contributed by atoms with Crippen LogP contribution < -0.4 is 14.8 Å². The Kier molecular flexibility index (Phi) is 7.16. The lowest BCUT2D eigenvalue weighted by atomic mass is 10.2. The first-order valence-corrected chi connectivity index (χ1v) is 9.59. The fourth-order valence-electron chi connectivity index (χ4n) is 2.67. The summed E-state index contributed by atoms with van der Waals surface area (Å²) in [5.74, 6) is 0.460. The van der Waals surface area contributed by atoms with E-state index in [1.54, 1.807) is 30.5 Å². The molecule has 3 rings (SSSR count). The van der Waals surface area contributed by atoms with Gasteiger partial charge in [-0.1, -0.05) is 24.3 Å². The molecular formula is C24H23FN2O3. The van der Waals surface area contributed by atoms with E-state index in [0.717, 1.165) is 11.3 Å². The normalized spacial score (nSPS) is 10.9. The first kappa shape index (κ1) is 21.0. The number of para-hydroxylation sites is 1. The molecule has 30 heavy (non-hydrogen) atoms. The lowest BCUT2D eigenvalue weighted by Crippen LogP contribution is -2.21. The molecule has 0 saturated carbocycles. The van der Waals surface area contributed by atoms with Gasteiger partial charge >= 0.3 is 0 Å². The molecule has 2 aromatic carbocycles. The lowest BCUT2D eigenvalue weighted by Gasteiger charge is -2.14. The van der Waals surface area contributed by atoms with Gasteiger partial charge in [0.15, 0.2) is 11.6 Å². The quantitative estimate of drug-likeness (QED) is 0.527. The molecule has 3 aromatic rings. The third-order valence-corrected chi connectivity index (χ3v) is 4.03. The van der Waals surface area contributed by atoms with Crippen molar-refractivity contribution in [3.05, 3.63) is 90.0 Å². The van der Waals surface area contributed by atoms with E-state index < -0.39 is 5.82 Å². The summed E-state index contributed by atoms with van der Waals surface area (Å²) in [6, 6.07) is 15.4. The number of nitrogens with zero attached hydrogens (tertiary/aromatic N) is 1. The van der Waals surface area contributed by atoms with Crippen molar-refractivity contribution in [3.8, 4) is 17.2 Å². The van der Waals surface area contributed by atoms with Gasteiger partial charge in [-0.05, 0) is 55.8 Å². The van der Waals surface area contributed by atoms with Crippen molar-refractivity contribution in [1.29, 1.82) is 0 Å². The molecule has 0 spiro atoms. The number of carbonyl (C=O) groups excluding carboxylic acids is 1. The molecule has 0 radical (unpaired) electrons. The molecule has 0 atom stereocenters. The number of benzene rings is 2. The van der Waals surface area contributed by atoms with Crippen LogP contribution in [0.2, 0.25) is 0 Å². The summed E-state index contributed by atoms with van der Waals surface area (Å²) < 4.78 is 25.5. The Bertz CT molecular complexity index is 1020. The van der Waals surface area contributed by atoms with E-state index in [-0.39, 0.29) is 17.8 Å². The summed E-state index contributed by atoms with van der Waals surface area (Å²) in [6.07, 6.45) is 6.06. The Morgan fingerprint density at radius 2 is 1.97 bits per heavy atom. The van der Waals surface area contributed by atoms with Crippen molar-refractivity contribution in [2.24, 2.45) is 0 Å². The minimum atomic E-state index is -0.527. The largest absolute Gasteiger partial charge is 0.491 e. The van der Waals surface area contributed by atoms with Gasteiger partial charge in [-0.2, -0.15) is 0 Å². The molecule has 6 heteroatoms. The van der Waals surface area contributed by atoms with Gasteiger partial charge in [0.1, 0.15) is 11.5 Å². The van der Waals surface area contributed by atoms with Crippen LogP contribution in [0, 0.1) is 5.82 Å². The summed E-state index contributed by atoms with van der Waals surface area (Å²) >= 11 is 0. The van der Waals surface area contributed by atoms with Gasteiger partial charge in [0.05, 0.1) is 12.3 Å². The van der Waals surface area contributed by atoms with Crippen LogP contribution in [0.4, 0.5) is 4.39 Å². The predicted molar refractivity (Wildman–Crippen MR) is 114 cm³/mol. The Morgan fingerprint density at radius 3 is 2.70 bits per heavy atom. The van der Waals surface area contributed by atoms with Gasteiger partial charge in [0.2, 0.25) is 5.91 Å². The second-order valence-electron chi connectivity index (χ2n) is 6.81. The smallest absolute Gasteiger partial charge is 0.244 e. The number of rotatable bonds is 8. The number of nitrogens with one attached hydrogen (secondary N) is 1. The number of halogens is 1. The Morgan fingerprint density at radius 1 is 1.13 bits per heavy atom. The molecule has 1 heterocycles. The van der Waals surface area contributed by atoms with Crippen molar-refractivity contribution in [1.82, 2.24) is 10.3 Å². The lowest BCUT2D eigenvalue weighted by molar-refractivity contribution is -0.116. The van der Waals surface area contributed by atoms with Crippen LogP contribution in [0.5, 0.6) is 17.2 Å². The van der Waals surface area contributed by atoms with Gasteiger partial charge in [-0.3, -0.25) is 9.78 Å². The SMILES string of the molecule is CC(C)Oc1ccccc1CNC(=O)/C=C/c1ccc(Oc2cccnc2)c(F)c1. The summed E-state index contributed by atoms with van der Waals surface area (Å²) in [7, 11) is 0. The third kappa shape index (κ3) is 6.17. The number of carbonyl (C=O) groups is 1. The van der Waals surface area contributed by atoms with Gasteiger partial charge in [-0.25, -0.2) is 4.39 Å². The summed E-state index contributed by atoms with van der Waals surface area (Å²) in [5, 5.41) is 2.81. The van der Waals surface area contributed by atoms with Crippen LogP contribution in [-0.2, 0) is 11.3 Å². The summed E-state index contributed by atoms with van der Waals surface area (Å²) in [6.45, 7) is 4.23. The highest BCUT2D eigenvalue weighted by Crippen LogP contribution is 2.25. The second-order valence-corrected chi connectivity index (χ2v) is 6.81. The highest BCUT2D eigenvalue weighted by Gasteiger charge is 2.07. The summed E-state index contributed by atoms with van der Waals surface area (Å²) in [4.78, 5) is 16.1. The summed E-state index contributed by atoms with van der Waals surface area (Å²) in [5.41, 5.74) is 1.43. The van der Waals surface area contributed by atoms with Crippen LogP contribution in [0.25, 0.3) is 6.08 Å². The maximum atomic E-state index is 14.3. The molecule has 1 amide bonds. The Hall–Kier alpha value is -3.67. The maximum absolute atomic E-state index is 14.3. The number of aromatic nitrogens is 1. The zero-order chi connectivity index (χ0) is 21.3. The molecule has 154 valence electrons. The number of hydrogen-bond donors (Lipinski definition) is 1. The van der Waals surface area contributed by atoms with Crippen LogP contribution in [0.1, 0.15) is 25.0 Å². The number of pyridine rings is 1. The fourth-order valence-corrected chi connectivity index (χ4v) is 2.67. The molecule has 0 fully saturated rings. The van der Waals surface area contributed by atoms with Gasteiger partial charge in [0.25, 0.3) is 0 Å². The van der Waals surface area contributed by atoms with Gasteiger partial charge < -0.3 is 14.8 Å². The van der Waals surface area contributed by atoms with E-state index in [1.165, 1.54) is 24.4 Å². The topological polar surface area (TPSA) is 60.5 Å². The molecule has 0 aliphatic carbocycles. The van der Waals surface area contributed by atoms with E-state index in [1.807, 2.05) is 38.1 Å². The zero-order valence-corrected chi connectivity index (χ0v) is 16.8. The predicted octanol–water partition coefficient (Wildman–Crippen LogP) is 5.13. The molecule has 0 unspecified atom stereocenters. The van der Waals surface area contributed by atoms with Crippen molar-refractivity contribution in [2.75, 3.05) is 0 Å². The Labute approximate surface area is 175 Å². The first-order valence-electron chi connectivity index (χ1n) is 9.59. The minimum absolute atomic E-state index is 0.0433. The highest BCUT2D eigenvalue weighted by atomic mass is 19.1. The molecule has 0 bridgehead atoms. The van der Waals surface area contributed by atoms with E-state index in [2.05, 4.69) is 10.3 Å². The monoisotopic (exact) mass is 406 g/mol. The zero-order valence-electron chi connectivity index (χ0n) is 16.8. The standard InChI is InChI=1S/C24H23FN2O3/c1-17(2)29-22-8-4-3-6-19(22)15-27-24(28)12-10-18-9-11-23(21(25)14-18)30-20-7-5-13-26-16-20/h3-14,16-17H,15H2,1-2H3,(H,27,28)/b12-10+. The average molecular weight is 406 g/mol. The number of ether oxygens (including phenoxy) is 2. The van der Waals surface area contributed by atoms with Crippen molar-refractivity contribution in [3.63, 3.8) is 0 Å². The molecule has 0 aliphatic heterocycles. The van der Waals surface area contributed by atoms with E-state index in [4.69, 9.17) is 9.47 Å². The third-order valence-electron chi connectivity index (χ3n) is 4.03. The average Bonchev–Trinajstić information content (AvgIpc) is 2.74. The number of hydrogen-bond acceptors (Lipinski definition) is 4. The number of amides is 1. The highest BCUT2D eigenvalue weighted by molar-refractivity contribution is 5.91. The van der Waals surface area contributed by atoms with Gasteiger partial charge in [-0.15, -0.1) is 0 Å². The molecule has 1 N–H and O–H groups in total. The van der Waals surface area contributed by atoms with E-state index >= 15 is 0 Å². The molecule has 0 saturated heterocycles. The minimum Gasteiger partial charge on any atom is -0.491 e. The Balaban J connectivity index is 1.58. The second kappa shape index (κ2) is 10.2.